The van der Waals surface area contributed by atoms with Gasteiger partial charge >= 0.3 is 5.69 Å². The number of nitrogens with zero attached hydrogens (tertiary/aromatic N) is 1. The van der Waals surface area contributed by atoms with Crippen LogP contribution < -0.4 is 10.1 Å². The van der Waals surface area contributed by atoms with Crippen LogP contribution in [0.4, 0.5) is 11.4 Å². The molecule has 112 valence electrons. The molecule has 5 heteroatoms. The van der Waals surface area contributed by atoms with Crippen molar-refractivity contribution in [3.05, 3.63) is 28.3 Å². The number of hydrogen-bond acceptors (Lipinski definition) is 4. The maximum Gasteiger partial charge on any atom is 0.333 e. The Labute approximate surface area is 120 Å². The minimum Gasteiger partial charge on any atom is -0.487 e. The maximum absolute atomic E-state index is 11.3. The first-order chi connectivity index (χ1) is 9.51. The molecular formula is C15H24N2O3. The fourth-order valence-corrected chi connectivity index (χ4v) is 1.90. The molecule has 0 aliphatic carbocycles. The summed E-state index contributed by atoms with van der Waals surface area (Å²) in [7, 11) is 0. The van der Waals surface area contributed by atoms with Crippen LogP contribution in [0.2, 0.25) is 0 Å². The van der Waals surface area contributed by atoms with Crippen molar-refractivity contribution in [1.82, 2.24) is 0 Å². The van der Waals surface area contributed by atoms with E-state index in [-0.39, 0.29) is 16.7 Å². The number of nitro groups is 1. The largest absolute Gasteiger partial charge is 0.487 e. The minimum absolute atomic E-state index is 0.0242. The zero-order valence-electron chi connectivity index (χ0n) is 12.7. The van der Waals surface area contributed by atoms with Gasteiger partial charge in [0.2, 0.25) is 0 Å². The molecule has 0 bridgehead atoms. The van der Waals surface area contributed by atoms with E-state index in [1.165, 1.54) is 0 Å². The third kappa shape index (κ3) is 4.11. The molecule has 0 saturated heterocycles. The van der Waals surface area contributed by atoms with Gasteiger partial charge in [-0.3, -0.25) is 10.1 Å². The van der Waals surface area contributed by atoms with Gasteiger partial charge in [0.25, 0.3) is 0 Å². The highest BCUT2D eigenvalue weighted by Gasteiger charge is 2.23. The van der Waals surface area contributed by atoms with Crippen LogP contribution in [0.25, 0.3) is 0 Å². The van der Waals surface area contributed by atoms with Gasteiger partial charge in [-0.15, -0.1) is 0 Å². The van der Waals surface area contributed by atoms with Crippen LogP contribution in [0.1, 0.15) is 40.5 Å². The first kappa shape index (κ1) is 16.3. The van der Waals surface area contributed by atoms with Crippen LogP contribution in [0.15, 0.2) is 18.2 Å². The van der Waals surface area contributed by atoms with Crippen molar-refractivity contribution in [1.29, 1.82) is 0 Å². The standard InChI is InChI=1S/C15H24N2O3/c1-5-10-20-14-9-7-8-13(15(14)17(18)19)16-12(4)11(3)6-2/h7-9,11-12,16H,5-6,10H2,1-4H3. The summed E-state index contributed by atoms with van der Waals surface area (Å²) < 4.78 is 5.47. The van der Waals surface area contributed by atoms with Crippen molar-refractivity contribution in [2.75, 3.05) is 11.9 Å². The molecule has 0 aromatic heterocycles. The Hall–Kier alpha value is -1.78. The van der Waals surface area contributed by atoms with E-state index < -0.39 is 0 Å². The molecule has 5 nitrogen and oxygen atoms in total. The van der Waals surface area contributed by atoms with Gasteiger partial charge in [0.05, 0.1) is 11.5 Å². The number of rotatable bonds is 8. The molecule has 0 radical (unpaired) electrons. The summed E-state index contributed by atoms with van der Waals surface area (Å²) in [6.45, 7) is 8.72. The molecule has 2 unspecified atom stereocenters. The summed E-state index contributed by atoms with van der Waals surface area (Å²) in [4.78, 5) is 10.9. The normalized spacial score (nSPS) is 13.6. The Morgan fingerprint density at radius 2 is 2.05 bits per heavy atom. The van der Waals surface area contributed by atoms with Gasteiger partial charge in [-0.05, 0) is 31.4 Å². The van der Waals surface area contributed by atoms with Gasteiger partial charge in [-0.25, -0.2) is 0 Å². The van der Waals surface area contributed by atoms with Gasteiger partial charge in [-0.1, -0.05) is 33.3 Å². The monoisotopic (exact) mass is 280 g/mol. The zero-order chi connectivity index (χ0) is 15.1. The van der Waals surface area contributed by atoms with E-state index in [4.69, 9.17) is 4.74 Å². The molecule has 1 rings (SSSR count). The summed E-state index contributed by atoms with van der Waals surface area (Å²) in [5.41, 5.74) is 0.549. The number of nitrogens with one attached hydrogen (secondary N) is 1. The molecule has 0 saturated carbocycles. The fourth-order valence-electron chi connectivity index (χ4n) is 1.90. The second-order valence-corrected chi connectivity index (χ2v) is 5.08. The lowest BCUT2D eigenvalue weighted by Gasteiger charge is -2.21. The topological polar surface area (TPSA) is 64.4 Å². The van der Waals surface area contributed by atoms with E-state index in [2.05, 4.69) is 19.2 Å². The second-order valence-electron chi connectivity index (χ2n) is 5.08. The van der Waals surface area contributed by atoms with Crippen molar-refractivity contribution >= 4 is 11.4 Å². The smallest absolute Gasteiger partial charge is 0.333 e. The zero-order valence-corrected chi connectivity index (χ0v) is 12.7. The molecule has 1 aromatic carbocycles. The van der Waals surface area contributed by atoms with Crippen LogP contribution in [0, 0.1) is 16.0 Å². The third-order valence-electron chi connectivity index (χ3n) is 3.52. The Balaban J connectivity index is 3.03. The Kier molecular flexibility index (Phi) is 6.28. The molecule has 0 aliphatic heterocycles. The van der Waals surface area contributed by atoms with E-state index in [1.54, 1.807) is 18.2 Å². The molecule has 0 heterocycles. The lowest BCUT2D eigenvalue weighted by atomic mass is 10.0. The quantitative estimate of drug-likeness (QED) is 0.571. The summed E-state index contributed by atoms with van der Waals surface area (Å²) in [6.07, 6.45) is 1.84. The summed E-state index contributed by atoms with van der Waals surface area (Å²) in [6, 6.07) is 5.33. The highest BCUT2D eigenvalue weighted by Crippen LogP contribution is 2.35. The summed E-state index contributed by atoms with van der Waals surface area (Å²) >= 11 is 0. The molecule has 1 N–H and O–H groups in total. The predicted octanol–water partition coefficient (Wildman–Crippen LogP) is 4.23. The van der Waals surface area contributed by atoms with E-state index in [1.807, 2.05) is 13.8 Å². The summed E-state index contributed by atoms with van der Waals surface area (Å²) in [5.74, 6) is 0.771. The van der Waals surface area contributed by atoms with Crippen LogP contribution in [0.5, 0.6) is 5.75 Å². The number of anilines is 1. The van der Waals surface area contributed by atoms with Crippen molar-refractivity contribution in [3.8, 4) is 5.75 Å². The molecule has 0 amide bonds. The van der Waals surface area contributed by atoms with E-state index >= 15 is 0 Å². The number of para-hydroxylation sites is 1. The van der Waals surface area contributed by atoms with Gasteiger partial charge in [0, 0.05) is 6.04 Å². The highest BCUT2D eigenvalue weighted by molar-refractivity contribution is 5.68. The van der Waals surface area contributed by atoms with E-state index in [0.29, 0.717) is 24.0 Å². The lowest BCUT2D eigenvalue weighted by molar-refractivity contribution is -0.385. The Morgan fingerprint density at radius 3 is 2.60 bits per heavy atom. The molecule has 20 heavy (non-hydrogen) atoms. The number of ether oxygens (including phenoxy) is 1. The van der Waals surface area contributed by atoms with Crippen molar-refractivity contribution in [2.45, 2.75) is 46.6 Å². The highest BCUT2D eigenvalue weighted by atomic mass is 16.6. The molecular weight excluding hydrogens is 256 g/mol. The number of nitro benzene ring substituents is 1. The Bertz CT molecular complexity index is 449. The van der Waals surface area contributed by atoms with Crippen LogP contribution in [-0.4, -0.2) is 17.6 Å². The molecule has 0 aliphatic rings. The molecule has 0 spiro atoms. The van der Waals surface area contributed by atoms with Crippen LogP contribution in [0.3, 0.4) is 0 Å². The average Bonchev–Trinajstić information content (AvgIpc) is 2.43. The van der Waals surface area contributed by atoms with Crippen molar-refractivity contribution in [3.63, 3.8) is 0 Å². The lowest BCUT2D eigenvalue weighted by Crippen LogP contribution is -2.23. The average molecular weight is 280 g/mol. The van der Waals surface area contributed by atoms with Crippen LogP contribution >= 0.6 is 0 Å². The first-order valence-electron chi connectivity index (χ1n) is 7.17. The Morgan fingerprint density at radius 1 is 1.35 bits per heavy atom. The van der Waals surface area contributed by atoms with E-state index in [0.717, 1.165) is 12.8 Å². The SMILES string of the molecule is CCCOc1cccc(NC(C)C(C)CC)c1[N+](=O)[O-]. The van der Waals surface area contributed by atoms with Gasteiger partial charge in [0.15, 0.2) is 5.75 Å². The molecule has 2 atom stereocenters. The van der Waals surface area contributed by atoms with E-state index in [9.17, 15) is 10.1 Å². The fraction of sp³-hybridized carbons (Fsp3) is 0.600. The minimum atomic E-state index is -0.378. The second kappa shape index (κ2) is 7.72. The summed E-state index contributed by atoms with van der Waals surface area (Å²) in [5, 5.41) is 14.5. The van der Waals surface area contributed by atoms with Crippen LogP contribution in [-0.2, 0) is 0 Å². The van der Waals surface area contributed by atoms with Crippen molar-refractivity contribution < 1.29 is 9.66 Å². The third-order valence-corrected chi connectivity index (χ3v) is 3.52. The van der Waals surface area contributed by atoms with Gasteiger partial charge in [0.1, 0.15) is 5.69 Å². The molecule has 0 fully saturated rings. The first-order valence-corrected chi connectivity index (χ1v) is 7.17. The predicted molar refractivity (Wildman–Crippen MR) is 81.4 cm³/mol. The number of benzene rings is 1. The van der Waals surface area contributed by atoms with Gasteiger partial charge < -0.3 is 10.1 Å². The van der Waals surface area contributed by atoms with Gasteiger partial charge in [-0.2, -0.15) is 0 Å². The maximum atomic E-state index is 11.3. The van der Waals surface area contributed by atoms with Crippen molar-refractivity contribution in [2.24, 2.45) is 5.92 Å². The number of hydrogen-bond donors (Lipinski definition) is 1. The molecule has 1 aromatic rings.